The summed E-state index contributed by atoms with van der Waals surface area (Å²) < 4.78 is 0. The highest BCUT2D eigenvalue weighted by molar-refractivity contribution is 5.92. The zero-order chi connectivity index (χ0) is 62.4. The molecule has 5 aromatic carbocycles. The average molecular weight is 1190 g/mol. The number of hydrogen-bond donors (Lipinski definition) is 12. The van der Waals surface area contributed by atoms with Gasteiger partial charge in [-0.05, 0) is 104 Å². The van der Waals surface area contributed by atoms with Crippen molar-refractivity contribution in [1.82, 2.24) is 62.1 Å². The first-order valence-corrected chi connectivity index (χ1v) is 30.2. The van der Waals surface area contributed by atoms with Gasteiger partial charge in [-0.3, -0.25) is 33.6 Å². The Bertz CT molecular complexity index is 3930. The van der Waals surface area contributed by atoms with Gasteiger partial charge in [0.2, 0.25) is 42.4 Å². The molecule has 10 rings (SSSR count). The predicted octanol–water partition coefficient (Wildman–Crippen LogP) is 8.77. The second-order valence-electron chi connectivity index (χ2n) is 22.8. The van der Waals surface area contributed by atoms with Gasteiger partial charge in [-0.2, -0.15) is 0 Å². The van der Waals surface area contributed by atoms with E-state index >= 15 is 0 Å². The highest BCUT2D eigenvalue weighted by atomic mass is 16.2. The highest BCUT2D eigenvalue weighted by Crippen LogP contribution is 2.24. The third-order valence-corrected chi connectivity index (χ3v) is 15.5. The van der Waals surface area contributed by atoms with Crippen molar-refractivity contribution in [3.05, 3.63) is 180 Å². The third kappa shape index (κ3) is 17.8. The Morgan fingerprint density at radius 3 is 1.11 bits per heavy atom. The van der Waals surface area contributed by atoms with Crippen molar-refractivity contribution >= 4 is 96.9 Å². The van der Waals surface area contributed by atoms with Gasteiger partial charge in [0, 0.05) is 143 Å². The molecule has 0 aliphatic rings. The SMILES string of the molecule is CC(C)CC(=O)NCCCCCC(=O)N[C@@H](Cc1c[nH]c2ccccc12)C(=O)NC(C)Cc1c[nH]c2ccccc12.CC(Cc1c[nH]c2ccccc12)NC(=O)[C@H](Cc1c[nH]c2ccccc12)NC=O.CNC(=O)[C@H](Cc1c[nH]c2ccccc12)NC=O. The van der Waals surface area contributed by atoms with Gasteiger partial charge >= 0.3 is 0 Å². The van der Waals surface area contributed by atoms with E-state index in [0.717, 1.165) is 95.2 Å². The number of aromatic amines is 5. The Kier molecular flexibility index (Phi) is 23.3. The molecule has 0 aliphatic heterocycles. The fourth-order valence-electron chi connectivity index (χ4n) is 11.1. The number of H-pyrrole nitrogens is 5. The molecule has 0 bridgehead atoms. The van der Waals surface area contributed by atoms with Gasteiger partial charge in [0.05, 0.1) is 0 Å². The number of unbranched alkanes of at least 4 members (excludes halogenated alkanes) is 2. The number of para-hydroxylation sites is 5. The number of fused-ring (bicyclic) bond motifs is 5. The average Bonchev–Trinajstić information content (AvgIpc) is 4.58. The van der Waals surface area contributed by atoms with E-state index < -0.39 is 18.1 Å². The Hall–Kier alpha value is -9.91. The topological polar surface area (TPSA) is 283 Å². The van der Waals surface area contributed by atoms with Crippen LogP contribution in [0.1, 0.15) is 87.6 Å². The van der Waals surface area contributed by atoms with E-state index in [1.54, 1.807) is 7.05 Å². The fourth-order valence-corrected chi connectivity index (χ4v) is 11.1. The quantitative estimate of drug-likeness (QED) is 0.0167. The molecule has 0 fully saturated rings. The number of nitrogens with one attached hydrogen (secondary N) is 12. The van der Waals surface area contributed by atoms with Crippen LogP contribution in [0.15, 0.2) is 152 Å². The molecule has 460 valence electrons. The van der Waals surface area contributed by atoms with E-state index in [1.165, 1.54) is 0 Å². The molecule has 19 heteroatoms. The van der Waals surface area contributed by atoms with Crippen LogP contribution in [0.3, 0.4) is 0 Å². The van der Waals surface area contributed by atoms with Crippen LogP contribution in [0, 0.1) is 5.92 Å². The molecule has 12 N–H and O–H groups in total. The first kappa shape index (κ1) is 64.1. The van der Waals surface area contributed by atoms with Crippen LogP contribution in [0.4, 0.5) is 0 Å². The summed E-state index contributed by atoms with van der Waals surface area (Å²) in [5.41, 5.74) is 10.5. The molecule has 7 amide bonds. The van der Waals surface area contributed by atoms with Crippen LogP contribution in [-0.4, -0.2) is 111 Å². The minimum atomic E-state index is -0.692. The summed E-state index contributed by atoms with van der Waals surface area (Å²) in [6, 6.07) is 37.9. The molecule has 5 heterocycles. The van der Waals surface area contributed by atoms with Crippen LogP contribution in [-0.2, 0) is 65.7 Å². The summed E-state index contributed by atoms with van der Waals surface area (Å²) in [6.07, 6.45) is 16.7. The Balaban J connectivity index is 0.000000185. The molecular weight excluding hydrogens is 1110 g/mol. The molecule has 88 heavy (non-hydrogen) atoms. The van der Waals surface area contributed by atoms with Gasteiger partial charge < -0.3 is 62.1 Å². The minimum absolute atomic E-state index is 0.0689. The van der Waals surface area contributed by atoms with E-state index in [9.17, 15) is 33.6 Å². The van der Waals surface area contributed by atoms with Gasteiger partial charge in [0.1, 0.15) is 18.1 Å². The molecular formula is C69H82N12O7. The Morgan fingerprint density at radius 2 is 0.750 bits per heavy atom. The summed E-state index contributed by atoms with van der Waals surface area (Å²) in [4.78, 5) is 101. The van der Waals surface area contributed by atoms with Crippen LogP contribution >= 0.6 is 0 Å². The summed E-state index contributed by atoms with van der Waals surface area (Å²) in [5.74, 6) is -0.309. The molecule has 0 radical (unpaired) electrons. The lowest BCUT2D eigenvalue weighted by atomic mass is 10.0. The highest BCUT2D eigenvalue weighted by Gasteiger charge is 2.26. The first-order valence-electron chi connectivity index (χ1n) is 30.2. The number of rotatable bonds is 28. The summed E-state index contributed by atoms with van der Waals surface area (Å²) >= 11 is 0. The monoisotopic (exact) mass is 1190 g/mol. The first-order chi connectivity index (χ1) is 42.7. The lowest BCUT2D eigenvalue weighted by Crippen LogP contribution is -2.50. The summed E-state index contributed by atoms with van der Waals surface area (Å²) in [7, 11) is 1.55. The molecule has 5 aromatic heterocycles. The second-order valence-corrected chi connectivity index (χ2v) is 22.8. The van der Waals surface area contributed by atoms with Gasteiger partial charge in [0.15, 0.2) is 0 Å². The largest absolute Gasteiger partial charge is 0.361 e. The lowest BCUT2D eigenvalue weighted by molar-refractivity contribution is -0.129. The maximum Gasteiger partial charge on any atom is 0.243 e. The normalized spacial score (nSPS) is 12.8. The van der Waals surface area contributed by atoms with E-state index in [1.807, 2.05) is 168 Å². The van der Waals surface area contributed by atoms with Crippen molar-refractivity contribution < 1.29 is 33.6 Å². The molecule has 19 nitrogen and oxygen atoms in total. The zero-order valence-corrected chi connectivity index (χ0v) is 50.7. The van der Waals surface area contributed by atoms with Crippen molar-refractivity contribution in [3.63, 3.8) is 0 Å². The summed E-state index contributed by atoms with van der Waals surface area (Å²) in [6.45, 7) is 8.63. The van der Waals surface area contributed by atoms with Gasteiger partial charge in [-0.15, -0.1) is 0 Å². The number of aromatic nitrogens is 5. The standard InChI is InChI=1S/C33H43N5O3.C23H24N4O2.C13H15N3O2/c1-22(2)17-32(40)34-16-10-4-5-15-31(39)38-30(19-25-21-36-29-14-9-7-12-27(25)29)33(41)37-23(3)18-24-20-35-28-13-8-6-11-26(24)28;1-15(10-16-12-24-20-8-4-2-6-18(16)20)27-23(29)22(26-14-28)11-17-13-25-21-9-5-3-7-19(17)21;1-14-13(18)12(16-8-17)6-9-7-15-11-5-3-2-4-10(9)11/h6-9,11-14,20-23,30,35-36H,4-5,10,15-19H2,1-3H3,(H,34,40)(H,37,41)(H,38,39);2-9,12-15,22,24-25H,10-11H2,1H3,(H,26,28)(H,27,29);2-5,7-8,12,15H,6H2,1H3,(H,14,18)(H,16,17)/t23?,30-;15?,22-;12-/m000/s1. The van der Waals surface area contributed by atoms with Crippen molar-refractivity contribution in [2.45, 2.75) is 122 Å². The van der Waals surface area contributed by atoms with E-state index in [4.69, 9.17) is 0 Å². The number of benzene rings is 5. The number of carbonyl (C=O) groups is 7. The number of likely N-dealkylation sites (N-methyl/N-ethyl adjacent to an activating group) is 1. The predicted molar refractivity (Wildman–Crippen MR) is 348 cm³/mol. The van der Waals surface area contributed by atoms with Crippen LogP contribution in [0.25, 0.3) is 54.5 Å². The molecule has 5 atom stereocenters. The fraction of sp³-hybridized carbons (Fsp3) is 0.319. The van der Waals surface area contributed by atoms with Gasteiger partial charge in [-0.1, -0.05) is 111 Å². The molecule has 0 saturated heterocycles. The molecule has 2 unspecified atom stereocenters. The van der Waals surface area contributed by atoms with Crippen molar-refractivity contribution in [2.24, 2.45) is 5.92 Å². The number of carbonyl (C=O) groups excluding carboxylic acids is 7. The van der Waals surface area contributed by atoms with Crippen molar-refractivity contribution in [2.75, 3.05) is 13.6 Å². The van der Waals surface area contributed by atoms with Gasteiger partial charge in [0.25, 0.3) is 0 Å². The summed E-state index contributed by atoms with van der Waals surface area (Å²) in [5, 5.41) is 25.3. The smallest absolute Gasteiger partial charge is 0.243 e. The van der Waals surface area contributed by atoms with Crippen molar-refractivity contribution in [1.29, 1.82) is 0 Å². The maximum atomic E-state index is 13.5. The van der Waals surface area contributed by atoms with Crippen LogP contribution in [0.5, 0.6) is 0 Å². The molecule has 0 aliphatic carbocycles. The van der Waals surface area contributed by atoms with Crippen LogP contribution in [0.2, 0.25) is 0 Å². The number of amides is 7. The number of hydrogen-bond acceptors (Lipinski definition) is 7. The Morgan fingerprint density at radius 1 is 0.409 bits per heavy atom. The molecule has 0 saturated carbocycles. The second kappa shape index (κ2) is 32.0. The Labute approximate surface area is 512 Å². The van der Waals surface area contributed by atoms with E-state index in [0.29, 0.717) is 76.6 Å². The third-order valence-electron chi connectivity index (χ3n) is 15.5. The van der Waals surface area contributed by atoms with Crippen molar-refractivity contribution in [3.8, 4) is 0 Å². The molecule has 10 aromatic rings. The van der Waals surface area contributed by atoms with Gasteiger partial charge in [-0.25, -0.2) is 0 Å². The van der Waals surface area contributed by atoms with E-state index in [-0.39, 0.29) is 41.6 Å². The maximum absolute atomic E-state index is 13.5. The minimum Gasteiger partial charge on any atom is -0.361 e. The lowest BCUT2D eigenvalue weighted by Gasteiger charge is -2.21. The molecule has 0 spiro atoms. The van der Waals surface area contributed by atoms with Crippen LogP contribution < -0.4 is 37.2 Å². The zero-order valence-electron chi connectivity index (χ0n) is 50.7. The van der Waals surface area contributed by atoms with E-state index in [2.05, 4.69) is 74.3 Å².